The molecule has 4 rings (SSSR count). The molecule has 1 aliphatic rings. The molecule has 0 amide bonds. The van der Waals surface area contributed by atoms with Crippen molar-refractivity contribution in [2.75, 3.05) is 18.1 Å². The Morgan fingerprint density at radius 1 is 1.14 bits per heavy atom. The average Bonchev–Trinajstić information content (AvgIpc) is 3.18. The SMILES string of the molecule is c1csc(-c2nc(CN3CCOCc4ccccc43)cs2)c1. The van der Waals surface area contributed by atoms with Gasteiger partial charge in [-0.2, -0.15) is 0 Å². The van der Waals surface area contributed by atoms with Crippen LogP contribution in [0.15, 0.2) is 47.2 Å². The Labute approximate surface area is 137 Å². The second-order valence-corrected chi connectivity index (χ2v) is 7.03. The molecule has 0 unspecified atom stereocenters. The lowest BCUT2D eigenvalue weighted by Gasteiger charge is -2.23. The van der Waals surface area contributed by atoms with Gasteiger partial charge in [0.1, 0.15) is 5.01 Å². The maximum atomic E-state index is 5.70. The molecule has 3 heterocycles. The summed E-state index contributed by atoms with van der Waals surface area (Å²) in [6.07, 6.45) is 0. The Morgan fingerprint density at radius 3 is 3.00 bits per heavy atom. The Balaban J connectivity index is 1.58. The van der Waals surface area contributed by atoms with Crippen LogP contribution in [0.5, 0.6) is 0 Å². The first kappa shape index (κ1) is 13.9. The highest BCUT2D eigenvalue weighted by Gasteiger charge is 2.16. The number of anilines is 1. The minimum atomic E-state index is 0.699. The minimum absolute atomic E-state index is 0.699. The number of rotatable bonds is 3. The Morgan fingerprint density at radius 2 is 2.09 bits per heavy atom. The van der Waals surface area contributed by atoms with Crippen molar-refractivity contribution in [2.24, 2.45) is 0 Å². The third-order valence-corrected chi connectivity index (χ3v) is 5.66. The van der Waals surface area contributed by atoms with Crippen LogP contribution in [0.25, 0.3) is 9.88 Å². The molecule has 0 fully saturated rings. The fourth-order valence-corrected chi connectivity index (χ4v) is 4.30. The lowest BCUT2D eigenvalue weighted by molar-refractivity contribution is 0.132. The number of hydrogen-bond acceptors (Lipinski definition) is 5. The van der Waals surface area contributed by atoms with Crippen LogP contribution >= 0.6 is 22.7 Å². The van der Waals surface area contributed by atoms with E-state index in [0.29, 0.717) is 6.61 Å². The van der Waals surface area contributed by atoms with Crippen molar-refractivity contribution < 1.29 is 4.74 Å². The standard InChI is InChI=1S/C17H16N2OS2/c1-2-5-15-13(4-1)11-20-8-7-19(15)10-14-12-22-17(18-14)16-6-3-9-21-16/h1-6,9,12H,7-8,10-11H2. The number of aromatic nitrogens is 1. The molecule has 0 saturated heterocycles. The van der Waals surface area contributed by atoms with Crippen LogP contribution in [0.1, 0.15) is 11.3 Å². The lowest BCUT2D eigenvalue weighted by Crippen LogP contribution is -2.25. The highest BCUT2D eigenvalue weighted by molar-refractivity contribution is 7.20. The normalized spacial score (nSPS) is 14.6. The van der Waals surface area contributed by atoms with Crippen molar-refractivity contribution in [3.8, 4) is 9.88 Å². The fourth-order valence-electron chi connectivity index (χ4n) is 2.67. The van der Waals surface area contributed by atoms with Gasteiger partial charge in [-0.3, -0.25) is 0 Å². The van der Waals surface area contributed by atoms with E-state index in [9.17, 15) is 0 Å². The predicted octanol–water partition coefficient (Wildman–Crippen LogP) is 4.41. The number of hydrogen-bond donors (Lipinski definition) is 0. The summed E-state index contributed by atoms with van der Waals surface area (Å²) < 4.78 is 5.70. The van der Waals surface area contributed by atoms with Crippen LogP contribution in [0.4, 0.5) is 5.69 Å². The van der Waals surface area contributed by atoms with Gasteiger partial charge in [0.2, 0.25) is 0 Å². The predicted molar refractivity (Wildman–Crippen MR) is 92.6 cm³/mol. The van der Waals surface area contributed by atoms with Crippen molar-refractivity contribution in [1.29, 1.82) is 0 Å². The van der Waals surface area contributed by atoms with E-state index in [1.807, 2.05) is 0 Å². The molecular formula is C17H16N2OS2. The molecule has 1 aromatic carbocycles. The van der Waals surface area contributed by atoms with Crippen molar-refractivity contribution >= 4 is 28.4 Å². The summed E-state index contributed by atoms with van der Waals surface area (Å²) in [5, 5.41) is 5.38. The average molecular weight is 328 g/mol. The van der Waals surface area contributed by atoms with Crippen LogP contribution in [-0.2, 0) is 17.9 Å². The molecule has 0 bridgehead atoms. The van der Waals surface area contributed by atoms with Gasteiger partial charge >= 0.3 is 0 Å². The first-order valence-electron chi connectivity index (χ1n) is 7.29. The second kappa shape index (κ2) is 6.20. The van der Waals surface area contributed by atoms with Gasteiger partial charge in [0.05, 0.1) is 30.3 Å². The molecule has 22 heavy (non-hydrogen) atoms. The molecule has 0 aliphatic carbocycles. The van der Waals surface area contributed by atoms with Gasteiger partial charge in [0, 0.05) is 23.2 Å². The molecule has 5 heteroatoms. The summed E-state index contributed by atoms with van der Waals surface area (Å²) in [6, 6.07) is 12.7. The van der Waals surface area contributed by atoms with E-state index in [-0.39, 0.29) is 0 Å². The van der Waals surface area contributed by atoms with Crippen molar-refractivity contribution in [3.05, 3.63) is 58.4 Å². The number of ether oxygens (including phenoxy) is 1. The number of thiazole rings is 1. The number of nitrogens with zero attached hydrogens (tertiary/aromatic N) is 2. The van der Waals surface area contributed by atoms with E-state index < -0.39 is 0 Å². The van der Waals surface area contributed by atoms with Crippen LogP contribution in [-0.4, -0.2) is 18.1 Å². The summed E-state index contributed by atoms with van der Waals surface area (Å²) in [5.74, 6) is 0. The fraction of sp³-hybridized carbons (Fsp3) is 0.235. The summed E-state index contributed by atoms with van der Waals surface area (Å²) in [5.41, 5.74) is 3.66. The molecule has 0 N–H and O–H groups in total. The highest BCUT2D eigenvalue weighted by atomic mass is 32.1. The van der Waals surface area contributed by atoms with Crippen molar-refractivity contribution in [1.82, 2.24) is 4.98 Å². The monoisotopic (exact) mass is 328 g/mol. The maximum absolute atomic E-state index is 5.70. The van der Waals surface area contributed by atoms with Crippen LogP contribution in [0.2, 0.25) is 0 Å². The summed E-state index contributed by atoms with van der Waals surface area (Å²) in [6.45, 7) is 3.20. The molecule has 1 aliphatic heterocycles. The van der Waals surface area contributed by atoms with Crippen molar-refractivity contribution in [3.63, 3.8) is 0 Å². The third-order valence-electron chi connectivity index (χ3n) is 3.73. The number of fused-ring (bicyclic) bond motifs is 1. The molecule has 0 saturated carbocycles. The molecule has 0 atom stereocenters. The van der Waals surface area contributed by atoms with Crippen LogP contribution in [0, 0.1) is 0 Å². The van der Waals surface area contributed by atoms with Gasteiger partial charge in [0.25, 0.3) is 0 Å². The molecule has 112 valence electrons. The lowest BCUT2D eigenvalue weighted by atomic mass is 10.1. The van der Waals surface area contributed by atoms with Gasteiger partial charge < -0.3 is 9.64 Å². The maximum Gasteiger partial charge on any atom is 0.133 e. The smallest absolute Gasteiger partial charge is 0.133 e. The van der Waals surface area contributed by atoms with E-state index in [4.69, 9.17) is 9.72 Å². The first-order chi connectivity index (χ1) is 10.9. The summed E-state index contributed by atoms with van der Waals surface area (Å²) in [7, 11) is 0. The zero-order chi connectivity index (χ0) is 14.8. The Kier molecular flexibility index (Phi) is 3.93. The highest BCUT2D eigenvalue weighted by Crippen LogP contribution is 2.30. The van der Waals surface area contributed by atoms with Gasteiger partial charge in [-0.25, -0.2) is 4.98 Å². The van der Waals surface area contributed by atoms with Crippen LogP contribution in [0.3, 0.4) is 0 Å². The molecule has 0 radical (unpaired) electrons. The zero-order valence-electron chi connectivity index (χ0n) is 12.1. The Hall–Kier alpha value is -1.69. The quantitative estimate of drug-likeness (QED) is 0.712. The molecule has 2 aromatic heterocycles. The van der Waals surface area contributed by atoms with E-state index in [2.05, 4.69) is 52.1 Å². The minimum Gasteiger partial charge on any atom is -0.375 e. The molecule has 3 aromatic rings. The van der Waals surface area contributed by atoms with Gasteiger partial charge in [-0.05, 0) is 17.5 Å². The topological polar surface area (TPSA) is 25.4 Å². The number of thiophene rings is 1. The van der Waals surface area contributed by atoms with E-state index >= 15 is 0 Å². The summed E-state index contributed by atoms with van der Waals surface area (Å²) >= 11 is 3.47. The van der Waals surface area contributed by atoms with E-state index in [1.54, 1.807) is 22.7 Å². The Bertz CT molecular complexity index is 752. The van der Waals surface area contributed by atoms with E-state index in [0.717, 1.165) is 30.4 Å². The number of benzene rings is 1. The number of para-hydroxylation sites is 1. The zero-order valence-corrected chi connectivity index (χ0v) is 13.7. The third kappa shape index (κ3) is 2.79. The van der Waals surface area contributed by atoms with Crippen LogP contribution < -0.4 is 4.90 Å². The molecule has 0 spiro atoms. The molecule has 3 nitrogen and oxygen atoms in total. The van der Waals surface area contributed by atoms with E-state index in [1.165, 1.54) is 16.1 Å². The second-order valence-electron chi connectivity index (χ2n) is 5.22. The molecular weight excluding hydrogens is 312 g/mol. The largest absolute Gasteiger partial charge is 0.375 e. The van der Waals surface area contributed by atoms with Crippen molar-refractivity contribution in [2.45, 2.75) is 13.2 Å². The summed E-state index contributed by atoms with van der Waals surface area (Å²) in [4.78, 5) is 8.41. The first-order valence-corrected chi connectivity index (χ1v) is 9.05. The van der Waals surface area contributed by atoms with Gasteiger partial charge in [-0.15, -0.1) is 22.7 Å². The van der Waals surface area contributed by atoms with Gasteiger partial charge in [0.15, 0.2) is 0 Å². The van der Waals surface area contributed by atoms with Gasteiger partial charge in [-0.1, -0.05) is 24.3 Å².